The zero-order valence-electron chi connectivity index (χ0n) is 15.0. The number of piperazine rings is 1. The molecule has 1 saturated heterocycles. The first-order valence-corrected chi connectivity index (χ1v) is 8.76. The summed E-state index contributed by atoms with van der Waals surface area (Å²) in [5.74, 6) is 0.309. The summed E-state index contributed by atoms with van der Waals surface area (Å²) in [5, 5.41) is 9.38. The monoisotopic (exact) mass is 357 g/mol. The second-order valence-corrected chi connectivity index (χ2v) is 6.87. The van der Waals surface area contributed by atoms with Crippen LogP contribution in [0.5, 0.6) is 0 Å². The van der Waals surface area contributed by atoms with Gasteiger partial charge >= 0.3 is 5.97 Å². The number of amides is 1. The Labute approximate surface area is 152 Å². The van der Waals surface area contributed by atoms with Crippen LogP contribution in [-0.2, 0) is 6.42 Å². The molecule has 2 aromatic heterocycles. The predicted octanol–water partition coefficient (Wildman–Crippen LogP) is 2.53. The average Bonchev–Trinajstić information content (AvgIpc) is 3.15. The third kappa shape index (κ3) is 4.04. The van der Waals surface area contributed by atoms with E-state index >= 15 is 0 Å². The van der Waals surface area contributed by atoms with Crippen molar-refractivity contribution >= 4 is 17.7 Å². The molecule has 0 bridgehead atoms. The summed E-state index contributed by atoms with van der Waals surface area (Å²) < 4.78 is 5.17. The molecule has 0 aliphatic carbocycles. The quantitative estimate of drug-likeness (QED) is 0.885. The number of carboxylic acid groups (broad SMARTS) is 1. The third-order valence-electron chi connectivity index (χ3n) is 4.35. The maximum atomic E-state index is 12.3. The molecule has 1 N–H and O–H groups in total. The van der Waals surface area contributed by atoms with Crippen molar-refractivity contribution in [1.82, 2.24) is 9.88 Å². The zero-order chi connectivity index (χ0) is 18.7. The second kappa shape index (κ2) is 7.59. The number of nitrogens with zero attached hydrogens (tertiary/aromatic N) is 3. The number of rotatable bonds is 5. The van der Waals surface area contributed by atoms with E-state index in [0.717, 1.165) is 12.1 Å². The molecule has 0 spiro atoms. The molecule has 1 fully saturated rings. The standard InChI is InChI=1S/C19H23N3O4/c1-13(2)10-15-11-14(19(24)25)12-17(20-15)21-5-7-22(8-6-21)18(23)16-4-3-9-26-16/h3-4,9,11-13H,5-8,10H2,1-2H3,(H,24,25). The van der Waals surface area contributed by atoms with Crippen molar-refractivity contribution in [3.8, 4) is 0 Å². The molecule has 1 aliphatic rings. The normalized spacial score (nSPS) is 14.7. The van der Waals surface area contributed by atoms with E-state index in [2.05, 4.69) is 18.8 Å². The number of carbonyl (C=O) groups is 2. The smallest absolute Gasteiger partial charge is 0.335 e. The van der Waals surface area contributed by atoms with Gasteiger partial charge in [-0.25, -0.2) is 9.78 Å². The predicted molar refractivity (Wildman–Crippen MR) is 96.6 cm³/mol. The molecular weight excluding hydrogens is 334 g/mol. The summed E-state index contributed by atoms with van der Waals surface area (Å²) in [7, 11) is 0. The van der Waals surface area contributed by atoms with Crippen molar-refractivity contribution < 1.29 is 19.1 Å². The van der Waals surface area contributed by atoms with Crippen molar-refractivity contribution in [2.75, 3.05) is 31.1 Å². The highest BCUT2D eigenvalue weighted by Gasteiger charge is 2.25. The Bertz CT molecular complexity index is 778. The molecule has 138 valence electrons. The number of hydrogen-bond donors (Lipinski definition) is 1. The first-order chi connectivity index (χ1) is 12.4. The molecule has 0 atom stereocenters. The van der Waals surface area contributed by atoms with E-state index in [-0.39, 0.29) is 11.5 Å². The Morgan fingerprint density at radius 3 is 2.54 bits per heavy atom. The number of furan rings is 1. The second-order valence-electron chi connectivity index (χ2n) is 6.87. The van der Waals surface area contributed by atoms with Gasteiger partial charge in [0.25, 0.3) is 5.91 Å². The van der Waals surface area contributed by atoms with E-state index in [4.69, 9.17) is 4.42 Å². The molecule has 0 aromatic carbocycles. The van der Waals surface area contributed by atoms with E-state index in [1.54, 1.807) is 29.2 Å². The van der Waals surface area contributed by atoms with E-state index < -0.39 is 5.97 Å². The maximum Gasteiger partial charge on any atom is 0.335 e. The Hall–Kier alpha value is -2.83. The molecule has 3 heterocycles. The molecule has 3 rings (SSSR count). The summed E-state index contributed by atoms with van der Waals surface area (Å²) in [6.45, 7) is 6.44. The van der Waals surface area contributed by atoms with Gasteiger partial charge in [0.05, 0.1) is 11.8 Å². The lowest BCUT2D eigenvalue weighted by atomic mass is 10.1. The van der Waals surface area contributed by atoms with Crippen LogP contribution >= 0.6 is 0 Å². The number of hydrogen-bond acceptors (Lipinski definition) is 5. The zero-order valence-corrected chi connectivity index (χ0v) is 15.0. The number of aromatic carboxylic acids is 1. The number of carboxylic acids is 1. The Balaban J connectivity index is 1.73. The van der Waals surface area contributed by atoms with Gasteiger partial charge < -0.3 is 19.3 Å². The fraction of sp³-hybridized carbons (Fsp3) is 0.421. The van der Waals surface area contributed by atoms with E-state index in [9.17, 15) is 14.7 Å². The van der Waals surface area contributed by atoms with Crippen molar-refractivity contribution in [2.45, 2.75) is 20.3 Å². The minimum Gasteiger partial charge on any atom is -0.478 e. The number of anilines is 1. The summed E-state index contributed by atoms with van der Waals surface area (Å²) in [6.07, 6.45) is 2.21. The molecule has 7 nitrogen and oxygen atoms in total. The van der Waals surface area contributed by atoms with Crippen molar-refractivity contribution in [2.24, 2.45) is 5.92 Å². The van der Waals surface area contributed by atoms with Crippen LogP contribution in [-0.4, -0.2) is 53.0 Å². The largest absolute Gasteiger partial charge is 0.478 e. The van der Waals surface area contributed by atoms with Gasteiger partial charge in [-0.15, -0.1) is 0 Å². The van der Waals surface area contributed by atoms with Crippen LogP contribution in [0.3, 0.4) is 0 Å². The Morgan fingerprint density at radius 2 is 1.96 bits per heavy atom. The Morgan fingerprint density at radius 1 is 1.23 bits per heavy atom. The molecule has 0 unspecified atom stereocenters. The van der Waals surface area contributed by atoms with Crippen LogP contribution in [0.25, 0.3) is 0 Å². The van der Waals surface area contributed by atoms with Gasteiger partial charge in [0, 0.05) is 31.9 Å². The van der Waals surface area contributed by atoms with Crippen molar-refractivity contribution in [3.63, 3.8) is 0 Å². The van der Waals surface area contributed by atoms with Gasteiger partial charge in [-0.3, -0.25) is 4.79 Å². The summed E-state index contributed by atoms with van der Waals surface area (Å²) in [5.41, 5.74) is 1.03. The third-order valence-corrected chi connectivity index (χ3v) is 4.35. The van der Waals surface area contributed by atoms with E-state index in [1.807, 2.05) is 4.90 Å². The number of aromatic nitrogens is 1. The molecule has 0 radical (unpaired) electrons. The molecule has 7 heteroatoms. The minimum absolute atomic E-state index is 0.123. The minimum atomic E-state index is -0.953. The average molecular weight is 357 g/mol. The highest BCUT2D eigenvalue weighted by atomic mass is 16.4. The lowest BCUT2D eigenvalue weighted by Gasteiger charge is -2.35. The van der Waals surface area contributed by atoms with Crippen LogP contribution in [0.4, 0.5) is 5.82 Å². The van der Waals surface area contributed by atoms with Crippen molar-refractivity contribution in [3.05, 3.63) is 47.5 Å². The molecule has 1 aliphatic heterocycles. The summed E-state index contributed by atoms with van der Waals surface area (Å²) >= 11 is 0. The molecule has 0 saturated carbocycles. The van der Waals surface area contributed by atoms with E-state index in [1.165, 1.54) is 6.26 Å². The van der Waals surface area contributed by atoms with Crippen LogP contribution in [0.15, 0.2) is 34.9 Å². The fourth-order valence-electron chi connectivity index (χ4n) is 3.07. The van der Waals surface area contributed by atoms with Gasteiger partial charge in [-0.1, -0.05) is 13.8 Å². The fourth-order valence-corrected chi connectivity index (χ4v) is 3.07. The highest BCUT2D eigenvalue weighted by molar-refractivity contribution is 5.91. The first-order valence-electron chi connectivity index (χ1n) is 8.76. The van der Waals surface area contributed by atoms with Gasteiger partial charge in [-0.2, -0.15) is 0 Å². The molecule has 1 amide bonds. The Kier molecular flexibility index (Phi) is 5.25. The van der Waals surface area contributed by atoms with Crippen molar-refractivity contribution in [1.29, 1.82) is 0 Å². The molecular formula is C19H23N3O4. The lowest BCUT2D eigenvalue weighted by molar-refractivity contribution is 0.0694. The van der Waals surface area contributed by atoms with Crippen LogP contribution in [0, 0.1) is 5.92 Å². The van der Waals surface area contributed by atoms with Gasteiger partial charge in [-0.05, 0) is 36.6 Å². The van der Waals surface area contributed by atoms with Gasteiger partial charge in [0.1, 0.15) is 5.82 Å². The van der Waals surface area contributed by atoms with Crippen LogP contribution in [0.2, 0.25) is 0 Å². The topological polar surface area (TPSA) is 86.9 Å². The highest BCUT2D eigenvalue weighted by Crippen LogP contribution is 2.20. The maximum absolute atomic E-state index is 12.3. The van der Waals surface area contributed by atoms with Gasteiger partial charge in [0.15, 0.2) is 5.76 Å². The van der Waals surface area contributed by atoms with Gasteiger partial charge in [0.2, 0.25) is 0 Å². The summed E-state index contributed by atoms with van der Waals surface area (Å²) in [4.78, 5) is 32.2. The number of pyridine rings is 1. The SMILES string of the molecule is CC(C)Cc1cc(C(=O)O)cc(N2CCN(C(=O)c3ccco3)CC2)n1. The van der Waals surface area contributed by atoms with E-state index in [0.29, 0.717) is 43.7 Å². The van der Waals surface area contributed by atoms with Crippen LogP contribution in [0.1, 0.15) is 40.5 Å². The first kappa shape index (κ1) is 18.0. The van der Waals surface area contributed by atoms with Crippen LogP contribution < -0.4 is 4.90 Å². The lowest BCUT2D eigenvalue weighted by Crippen LogP contribution is -2.49. The summed E-state index contributed by atoms with van der Waals surface area (Å²) in [6, 6.07) is 6.60. The number of carbonyl (C=O) groups excluding carboxylic acids is 1. The molecule has 2 aromatic rings. The molecule has 26 heavy (non-hydrogen) atoms.